The van der Waals surface area contributed by atoms with Crippen molar-refractivity contribution < 1.29 is 24.0 Å². The van der Waals surface area contributed by atoms with Crippen LogP contribution in [0, 0.1) is 0 Å². The van der Waals surface area contributed by atoms with E-state index >= 15 is 0 Å². The predicted molar refractivity (Wildman–Crippen MR) is 76.0 cm³/mol. The molecule has 0 saturated heterocycles. The average Bonchev–Trinajstić information content (AvgIpc) is 3.23. The van der Waals surface area contributed by atoms with Gasteiger partial charge in [0.05, 0.1) is 5.69 Å². The summed E-state index contributed by atoms with van der Waals surface area (Å²) in [4.78, 5) is 22.6. The molecule has 0 radical (unpaired) electrons. The number of benzene rings is 1. The summed E-state index contributed by atoms with van der Waals surface area (Å²) in [5, 5.41) is 15.2. The number of hydrogen-bond donors (Lipinski definition) is 2. The third-order valence-corrected chi connectivity index (χ3v) is 3.28. The highest BCUT2D eigenvalue weighted by atomic mass is 16.5. The Balaban J connectivity index is 1.63. The smallest absolute Gasteiger partial charge is 0.341 e. The van der Waals surface area contributed by atoms with Crippen molar-refractivity contribution in [3.05, 3.63) is 41.8 Å². The van der Waals surface area contributed by atoms with Gasteiger partial charge in [0.25, 0.3) is 5.91 Å². The quantitative estimate of drug-likeness (QED) is 0.848. The molecule has 7 nitrogen and oxygen atoms in total. The lowest BCUT2D eigenvalue weighted by atomic mass is 10.1. The summed E-state index contributed by atoms with van der Waals surface area (Å²) in [6.45, 7) is -0.406. The minimum atomic E-state index is -1.04. The molecular weight excluding hydrogens is 288 g/mol. The van der Waals surface area contributed by atoms with Gasteiger partial charge in [0.2, 0.25) is 0 Å². The molecule has 1 fully saturated rings. The Labute approximate surface area is 125 Å². The van der Waals surface area contributed by atoms with Crippen molar-refractivity contribution in [2.75, 3.05) is 11.9 Å². The topological polar surface area (TPSA) is 102 Å². The number of rotatable bonds is 6. The van der Waals surface area contributed by atoms with Crippen LogP contribution >= 0.6 is 0 Å². The number of carboxylic acids is 1. The van der Waals surface area contributed by atoms with Crippen LogP contribution < -0.4 is 10.1 Å². The van der Waals surface area contributed by atoms with Gasteiger partial charge in [-0.1, -0.05) is 5.16 Å². The molecule has 3 rings (SSSR count). The lowest BCUT2D eigenvalue weighted by Crippen LogP contribution is -2.13. The highest BCUT2D eigenvalue weighted by molar-refractivity contribution is 6.05. The number of aromatic nitrogens is 1. The first kappa shape index (κ1) is 14.1. The number of hydrogen-bond acceptors (Lipinski definition) is 5. The summed E-state index contributed by atoms with van der Waals surface area (Å²) in [7, 11) is 0. The number of nitrogens with one attached hydrogen (secondary N) is 1. The Morgan fingerprint density at radius 2 is 2.05 bits per heavy atom. The lowest BCUT2D eigenvalue weighted by Gasteiger charge is -2.06. The predicted octanol–water partition coefficient (Wildman–Crippen LogP) is 2.27. The lowest BCUT2D eigenvalue weighted by molar-refractivity contribution is -0.139. The van der Waals surface area contributed by atoms with Crippen LogP contribution in [-0.2, 0) is 4.79 Å². The molecular formula is C15H14N2O5. The summed E-state index contributed by atoms with van der Waals surface area (Å²) in [5.74, 6) is -0.574. The monoisotopic (exact) mass is 302 g/mol. The van der Waals surface area contributed by atoms with Crippen LogP contribution in [0.15, 0.2) is 35.1 Å². The van der Waals surface area contributed by atoms with E-state index in [0.717, 1.165) is 12.8 Å². The van der Waals surface area contributed by atoms with Gasteiger partial charge in [-0.15, -0.1) is 0 Å². The maximum atomic E-state index is 12.2. The second-order valence-corrected chi connectivity index (χ2v) is 5.05. The van der Waals surface area contributed by atoms with Crippen molar-refractivity contribution in [1.29, 1.82) is 0 Å². The Hall–Kier alpha value is -2.83. The SMILES string of the molecule is O=C(O)COc1ccc(NC(=O)c2conc2C2CC2)cc1. The fraction of sp³-hybridized carbons (Fsp3) is 0.267. The van der Waals surface area contributed by atoms with Crippen molar-refractivity contribution in [3.63, 3.8) is 0 Å². The number of ether oxygens (including phenoxy) is 1. The van der Waals surface area contributed by atoms with Crippen molar-refractivity contribution in [1.82, 2.24) is 5.16 Å². The maximum Gasteiger partial charge on any atom is 0.341 e. The first-order chi connectivity index (χ1) is 10.6. The van der Waals surface area contributed by atoms with E-state index in [9.17, 15) is 9.59 Å². The Morgan fingerprint density at radius 3 is 2.68 bits per heavy atom. The summed E-state index contributed by atoms with van der Waals surface area (Å²) in [6, 6.07) is 6.46. The number of carboxylic acid groups (broad SMARTS) is 1. The van der Waals surface area contributed by atoms with Gasteiger partial charge in [0.1, 0.15) is 17.6 Å². The van der Waals surface area contributed by atoms with Crippen LogP contribution in [-0.4, -0.2) is 28.7 Å². The molecule has 22 heavy (non-hydrogen) atoms. The van der Waals surface area contributed by atoms with Crippen LogP contribution in [0.1, 0.15) is 34.8 Å². The van der Waals surface area contributed by atoms with Gasteiger partial charge >= 0.3 is 5.97 Å². The van der Waals surface area contributed by atoms with Gasteiger partial charge in [-0.25, -0.2) is 4.79 Å². The standard InChI is InChI=1S/C15H14N2O5/c18-13(19)8-21-11-5-3-10(4-6-11)16-15(20)12-7-22-17-14(12)9-1-2-9/h3-7,9H,1-2,8H2,(H,16,20)(H,18,19). The van der Waals surface area contributed by atoms with Crippen molar-refractivity contribution in [3.8, 4) is 5.75 Å². The van der Waals surface area contributed by atoms with Gasteiger partial charge in [-0.3, -0.25) is 4.79 Å². The van der Waals surface area contributed by atoms with Crippen LogP contribution in [0.2, 0.25) is 0 Å². The van der Waals surface area contributed by atoms with Crippen LogP contribution in [0.5, 0.6) is 5.75 Å². The molecule has 1 aliphatic rings. The largest absolute Gasteiger partial charge is 0.482 e. The van der Waals surface area contributed by atoms with E-state index in [-0.39, 0.29) is 5.91 Å². The molecule has 1 heterocycles. The molecule has 0 atom stereocenters. The third kappa shape index (κ3) is 3.25. The van der Waals surface area contributed by atoms with E-state index < -0.39 is 12.6 Å². The molecule has 114 valence electrons. The van der Waals surface area contributed by atoms with Gasteiger partial charge in [0, 0.05) is 11.6 Å². The molecule has 1 aromatic carbocycles. The van der Waals surface area contributed by atoms with Crippen molar-refractivity contribution in [2.24, 2.45) is 0 Å². The van der Waals surface area contributed by atoms with Gasteiger partial charge < -0.3 is 19.7 Å². The molecule has 0 spiro atoms. The molecule has 2 N–H and O–H groups in total. The molecule has 2 aromatic rings. The molecule has 0 bridgehead atoms. The summed E-state index contributed by atoms with van der Waals surface area (Å²) < 4.78 is 9.91. The molecule has 7 heteroatoms. The molecule has 1 amide bonds. The number of amides is 1. The number of nitrogens with zero attached hydrogens (tertiary/aromatic N) is 1. The molecule has 1 aliphatic carbocycles. The second-order valence-electron chi connectivity index (χ2n) is 5.05. The number of carbonyl (C=O) groups excluding carboxylic acids is 1. The fourth-order valence-corrected chi connectivity index (χ4v) is 2.04. The van der Waals surface area contributed by atoms with Gasteiger partial charge in [0.15, 0.2) is 6.61 Å². The van der Waals surface area contributed by atoms with E-state index in [1.165, 1.54) is 6.26 Å². The van der Waals surface area contributed by atoms with E-state index in [1.54, 1.807) is 24.3 Å². The maximum absolute atomic E-state index is 12.2. The molecule has 0 aliphatic heterocycles. The zero-order chi connectivity index (χ0) is 15.5. The number of anilines is 1. The Bertz CT molecular complexity index is 688. The van der Waals surface area contributed by atoms with Gasteiger partial charge in [-0.2, -0.15) is 0 Å². The van der Waals surface area contributed by atoms with Crippen LogP contribution in [0.25, 0.3) is 0 Å². The molecule has 1 saturated carbocycles. The Morgan fingerprint density at radius 1 is 1.32 bits per heavy atom. The van der Waals surface area contributed by atoms with Crippen LogP contribution in [0.3, 0.4) is 0 Å². The van der Waals surface area contributed by atoms with Gasteiger partial charge in [-0.05, 0) is 37.1 Å². The van der Waals surface area contributed by atoms with Crippen molar-refractivity contribution in [2.45, 2.75) is 18.8 Å². The normalized spacial score (nSPS) is 13.6. The molecule has 0 unspecified atom stereocenters. The van der Waals surface area contributed by atoms with E-state index in [0.29, 0.717) is 28.6 Å². The van der Waals surface area contributed by atoms with E-state index in [2.05, 4.69) is 10.5 Å². The zero-order valence-electron chi connectivity index (χ0n) is 11.6. The first-order valence-electron chi connectivity index (χ1n) is 6.84. The van der Waals surface area contributed by atoms with E-state index in [1.807, 2.05) is 0 Å². The highest BCUT2D eigenvalue weighted by Crippen LogP contribution is 2.40. The summed E-state index contributed by atoms with van der Waals surface area (Å²) >= 11 is 0. The summed E-state index contributed by atoms with van der Waals surface area (Å²) in [6.07, 6.45) is 3.41. The number of carbonyl (C=O) groups is 2. The minimum absolute atomic E-state index is 0.276. The fourth-order valence-electron chi connectivity index (χ4n) is 2.04. The zero-order valence-corrected chi connectivity index (χ0v) is 11.6. The average molecular weight is 302 g/mol. The van der Waals surface area contributed by atoms with Crippen LogP contribution in [0.4, 0.5) is 5.69 Å². The van der Waals surface area contributed by atoms with Crippen molar-refractivity contribution >= 4 is 17.6 Å². The van der Waals surface area contributed by atoms with E-state index in [4.69, 9.17) is 14.4 Å². The second kappa shape index (κ2) is 5.88. The first-order valence-corrected chi connectivity index (χ1v) is 6.84. The Kier molecular flexibility index (Phi) is 3.78. The number of aliphatic carboxylic acids is 1. The molecule has 1 aromatic heterocycles. The summed E-state index contributed by atoms with van der Waals surface area (Å²) in [5.41, 5.74) is 1.74. The third-order valence-electron chi connectivity index (χ3n) is 3.28. The highest BCUT2D eigenvalue weighted by Gasteiger charge is 2.31. The minimum Gasteiger partial charge on any atom is -0.482 e.